The van der Waals surface area contributed by atoms with Gasteiger partial charge in [0.05, 0.1) is 23.7 Å². The lowest BCUT2D eigenvalue weighted by molar-refractivity contribution is -0.137. The van der Waals surface area contributed by atoms with Crippen LogP contribution in [0, 0.1) is 12.8 Å². The Bertz CT molecular complexity index is 722. The molecule has 0 N–H and O–H groups in total. The fourth-order valence-corrected chi connectivity index (χ4v) is 3.42. The summed E-state index contributed by atoms with van der Waals surface area (Å²) < 4.78 is 1.74. The molecule has 1 aliphatic heterocycles. The van der Waals surface area contributed by atoms with E-state index >= 15 is 0 Å². The first kappa shape index (κ1) is 18.0. The topological polar surface area (TPSA) is 41.4 Å². The summed E-state index contributed by atoms with van der Waals surface area (Å²) in [5, 5.41) is 4.76. The predicted molar refractivity (Wildman–Crippen MR) is 99.4 cm³/mol. The highest BCUT2D eigenvalue weighted by Gasteiger charge is 2.25. The van der Waals surface area contributed by atoms with Crippen molar-refractivity contribution in [1.82, 2.24) is 19.6 Å². The van der Waals surface area contributed by atoms with Crippen molar-refractivity contribution in [3.05, 3.63) is 52.8 Å². The van der Waals surface area contributed by atoms with Gasteiger partial charge in [-0.2, -0.15) is 5.10 Å². The number of hydrogen-bond donors (Lipinski definition) is 0. The predicted octanol–water partition coefficient (Wildman–Crippen LogP) is 2.83. The summed E-state index contributed by atoms with van der Waals surface area (Å²) in [5.41, 5.74) is 2.69. The molecule has 1 amide bonds. The third-order valence-corrected chi connectivity index (χ3v) is 5.02. The molecular weight excluding hydrogens is 336 g/mol. The molecule has 134 valence electrons. The molecule has 5 nitrogen and oxygen atoms in total. The second-order valence-electron chi connectivity index (χ2n) is 6.81. The van der Waals surface area contributed by atoms with Crippen LogP contribution in [0.1, 0.15) is 18.1 Å². The van der Waals surface area contributed by atoms with Gasteiger partial charge in [0.1, 0.15) is 0 Å². The summed E-state index contributed by atoms with van der Waals surface area (Å²) in [4.78, 5) is 17.1. The van der Waals surface area contributed by atoms with Gasteiger partial charge in [-0.1, -0.05) is 42.8 Å². The van der Waals surface area contributed by atoms with E-state index in [0.29, 0.717) is 11.6 Å². The first-order valence-electron chi connectivity index (χ1n) is 8.76. The fourth-order valence-electron chi connectivity index (χ4n) is 3.26. The van der Waals surface area contributed by atoms with E-state index in [9.17, 15) is 4.79 Å². The number of rotatable bonds is 5. The number of hydrogen-bond acceptors (Lipinski definition) is 3. The number of aryl methyl sites for hydroxylation is 1. The zero-order valence-corrected chi connectivity index (χ0v) is 15.6. The molecule has 0 aliphatic carbocycles. The van der Waals surface area contributed by atoms with Gasteiger partial charge in [-0.05, 0) is 18.1 Å². The summed E-state index contributed by atoms with van der Waals surface area (Å²) in [7, 11) is 0. The molecule has 3 rings (SSSR count). The first-order chi connectivity index (χ1) is 12.0. The zero-order valence-electron chi connectivity index (χ0n) is 14.9. The Balaban J connectivity index is 1.49. The van der Waals surface area contributed by atoms with Gasteiger partial charge in [0, 0.05) is 38.9 Å². The van der Waals surface area contributed by atoms with Crippen molar-refractivity contribution in [2.24, 2.45) is 5.92 Å². The van der Waals surface area contributed by atoms with E-state index in [1.807, 2.05) is 11.8 Å². The van der Waals surface area contributed by atoms with E-state index in [2.05, 4.69) is 41.2 Å². The Labute approximate surface area is 154 Å². The fraction of sp³-hybridized carbons (Fsp3) is 0.474. The molecule has 1 unspecified atom stereocenters. The van der Waals surface area contributed by atoms with Crippen LogP contribution in [0.2, 0.25) is 5.02 Å². The summed E-state index contributed by atoms with van der Waals surface area (Å²) in [5.74, 6) is 0.0982. The van der Waals surface area contributed by atoms with Crippen molar-refractivity contribution in [2.75, 3.05) is 26.2 Å². The Kier molecular flexibility index (Phi) is 5.76. The van der Waals surface area contributed by atoms with Crippen LogP contribution in [0.5, 0.6) is 0 Å². The molecule has 6 heteroatoms. The third-order valence-electron chi connectivity index (χ3n) is 4.82. The molecule has 1 fully saturated rings. The molecule has 0 spiro atoms. The number of nitrogens with zero attached hydrogens (tertiary/aromatic N) is 4. The molecule has 0 radical (unpaired) electrons. The molecular formula is C19H25ClN4O. The van der Waals surface area contributed by atoms with Crippen molar-refractivity contribution in [3.63, 3.8) is 0 Å². The minimum atomic E-state index is -0.0983. The van der Waals surface area contributed by atoms with Crippen LogP contribution < -0.4 is 0 Å². The Morgan fingerprint density at radius 2 is 1.96 bits per heavy atom. The van der Waals surface area contributed by atoms with Gasteiger partial charge in [0.2, 0.25) is 5.91 Å². The van der Waals surface area contributed by atoms with Crippen molar-refractivity contribution in [3.8, 4) is 0 Å². The molecule has 1 atom stereocenters. The number of carbonyl (C=O) groups excluding carboxylic acids is 1. The molecule has 2 heterocycles. The average Bonchev–Trinajstić information content (AvgIpc) is 3.02. The van der Waals surface area contributed by atoms with Crippen molar-refractivity contribution in [2.45, 2.75) is 26.9 Å². The Hall–Kier alpha value is -1.85. The van der Waals surface area contributed by atoms with Crippen LogP contribution in [-0.2, 0) is 17.9 Å². The minimum absolute atomic E-state index is 0.0983. The maximum Gasteiger partial charge on any atom is 0.227 e. The van der Waals surface area contributed by atoms with E-state index in [4.69, 9.17) is 11.6 Å². The maximum atomic E-state index is 12.7. The monoisotopic (exact) mass is 360 g/mol. The van der Waals surface area contributed by atoms with Crippen molar-refractivity contribution >= 4 is 17.5 Å². The molecule has 1 saturated heterocycles. The molecule has 0 bridgehead atoms. The maximum absolute atomic E-state index is 12.7. The molecule has 25 heavy (non-hydrogen) atoms. The second-order valence-corrected chi connectivity index (χ2v) is 7.25. The van der Waals surface area contributed by atoms with Crippen LogP contribution in [0.25, 0.3) is 0 Å². The summed E-state index contributed by atoms with van der Waals surface area (Å²) in [6.07, 6.45) is 3.36. The Morgan fingerprint density at radius 3 is 2.60 bits per heavy atom. The van der Waals surface area contributed by atoms with E-state index < -0.39 is 0 Å². The van der Waals surface area contributed by atoms with Crippen LogP contribution in [0.15, 0.2) is 36.7 Å². The number of piperazine rings is 1. The standard InChI is InChI=1S/C19H25ClN4O/c1-15-5-3-4-6-17(15)13-22-7-9-23(10-8-22)19(25)16(2)12-24-14-18(20)11-21-24/h3-6,11,14,16H,7-10,12-13H2,1-2H3. The van der Waals surface area contributed by atoms with E-state index in [1.165, 1.54) is 11.1 Å². The minimum Gasteiger partial charge on any atom is -0.340 e. The largest absolute Gasteiger partial charge is 0.340 e. The normalized spacial score (nSPS) is 16.8. The molecule has 1 aromatic heterocycles. The lowest BCUT2D eigenvalue weighted by atomic mass is 10.1. The number of carbonyl (C=O) groups is 1. The van der Waals surface area contributed by atoms with Crippen LogP contribution >= 0.6 is 11.6 Å². The van der Waals surface area contributed by atoms with Crippen LogP contribution in [-0.4, -0.2) is 51.7 Å². The molecule has 0 saturated carbocycles. The SMILES string of the molecule is Cc1ccccc1CN1CCN(C(=O)C(C)Cn2cc(Cl)cn2)CC1. The van der Waals surface area contributed by atoms with Gasteiger partial charge >= 0.3 is 0 Å². The van der Waals surface area contributed by atoms with Gasteiger partial charge in [-0.3, -0.25) is 14.4 Å². The molecule has 2 aromatic rings. The molecule has 1 aromatic carbocycles. The Morgan fingerprint density at radius 1 is 1.24 bits per heavy atom. The number of amides is 1. The highest BCUT2D eigenvalue weighted by molar-refractivity contribution is 6.30. The van der Waals surface area contributed by atoms with Gasteiger partial charge in [0.25, 0.3) is 0 Å². The van der Waals surface area contributed by atoms with Gasteiger partial charge in [-0.15, -0.1) is 0 Å². The number of benzene rings is 1. The third kappa shape index (κ3) is 4.61. The van der Waals surface area contributed by atoms with E-state index in [0.717, 1.165) is 32.7 Å². The first-order valence-corrected chi connectivity index (χ1v) is 9.14. The number of halogens is 1. The van der Waals surface area contributed by atoms with Gasteiger partial charge < -0.3 is 4.90 Å². The average molecular weight is 361 g/mol. The molecule has 1 aliphatic rings. The zero-order chi connectivity index (χ0) is 17.8. The lowest BCUT2D eigenvalue weighted by Gasteiger charge is -2.36. The van der Waals surface area contributed by atoms with E-state index in [1.54, 1.807) is 17.1 Å². The highest BCUT2D eigenvalue weighted by atomic mass is 35.5. The van der Waals surface area contributed by atoms with Crippen molar-refractivity contribution in [1.29, 1.82) is 0 Å². The van der Waals surface area contributed by atoms with Crippen LogP contribution in [0.4, 0.5) is 0 Å². The highest BCUT2D eigenvalue weighted by Crippen LogP contribution is 2.15. The summed E-state index contributed by atoms with van der Waals surface area (Å²) in [6, 6.07) is 8.50. The van der Waals surface area contributed by atoms with E-state index in [-0.39, 0.29) is 11.8 Å². The second kappa shape index (κ2) is 8.02. The summed E-state index contributed by atoms with van der Waals surface area (Å²) >= 11 is 5.88. The van der Waals surface area contributed by atoms with Crippen LogP contribution in [0.3, 0.4) is 0 Å². The quantitative estimate of drug-likeness (QED) is 0.823. The lowest BCUT2D eigenvalue weighted by Crippen LogP contribution is -2.50. The van der Waals surface area contributed by atoms with Gasteiger partial charge in [-0.25, -0.2) is 0 Å². The van der Waals surface area contributed by atoms with Crippen molar-refractivity contribution < 1.29 is 4.79 Å². The smallest absolute Gasteiger partial charge is 0.227 e. The summed E-state index contributed by atoms with van der Waals surface area (Å²) in [6.45, 7) is 9.03. The number of aromatic nitrogens is 2. The van der Waals surface area contributed by atoms with Gasteiger partial charge in [0.15, 0.2) is 0 Å².